The summed E-state index contributed by atoms with van der Waals surface area (Å²) in [4.78, 5) is 16.6. The highest BCUT2D eigenvalue weighted by atomic mass is 79.9. The number of likely N-dealkylation sites (N-methyl/N-ethyl adjacent to an activating group) is 1. The van der Waals surface area contributed by atoms with Crippen LogP contribution in [0, 0.1) is 0 Å². The van der Waals surface area contributed by atoms with Crippen LogP contribution in [-0.4, -0.2) is 47.9 Å². The number of likely N-dealkylation sites (tertiary alicyclic amines) is 1. The third-order valence-electron chi connectivity index (χ3n) is 3.92. The van der Waals surface area contributed by atoms with Crippen molar-refractivity contribution in [2.45, 2.75) is 24.9 Å². The highest BCUT2D eigenvalue weighted by Crippen LogP contribution is 2.29. The van der Waals surface area contributed by atoms with E-state index < -0.39 is 0 Å². The minimum atomic E-state index is 0.0145. The van der Waals surface area contributed by atoms with Crippen LogP contribution in [0.15, 0.2) is 21.2 Å². The van der Waals surface area contributed by atoms with E-state index in [1.165, 1.54) is 12.8 Å². The molecule has 17 heavy (non-hydrogen) atoms. The molecule has 3 heterocycles. The summed E-state index contributed by atoms with van der Waals surface area (Å²) in [6.45, 7) is 1.65. The average molecular weight is 299 g/mol. The van der Waals surface area contributed by atoms with Crippen LogP contribution in [0.2, 0.25) is 0 Å². The molecule has 3 rings (SSSR count). The van der Waals surface area contributed by atoms with Gasteiger partial charge in [-0.1, -0.05) is 0 Å². The van der Waals surface area contributed by atoms with E-state index in [1.807, 2.05) is 4.90 Å². The fraction of sp³-hybridized carbons (Fsp3) is 0.583. The average Bonchev–Trinajstić information content (AvgIpc) is 2.79. The number of nitrogens with zero attached hydrogens (tertiary/aromatic N) is 2. The van der Waals surface area contributed by atoms with Gasteiger partial charge < -0.3 is 9.32 Å². The predicted molar refractivity (Wildman–Crippen MR) is 66.9 cm³/mol. The third-order valence-corrected chi connectivity index (χ3v) is 4.34. The Kier molecular flexibility index (Phi) is 2.75. The van der Waals surface area contributed by atoms with Crippen LogP contribution < -0.4 is 0 Å². The molecule has 0 spiro atoms. The first-order valence-corrected chi connectivity index (χ1v) is 6.71. The van der Waals surface area contributed by atoms with Crippen LogP contribution in [0.1, 0.15) is 23.4 Å². The van der Waals surface area contributed by atoms with E-state index in [1.54, 1.807) is 12.1 Å². The monoisotopic (exact) mass is 298 g/mol. The van der Waals surface area contributed by atoms with Crippen molar-refractivity contribution >= 4 is 21.8 Å². The molecule has 0 N–H and O–H groups in total. The van der Waals surface area contributed by atoms with Crippen molar-refractivity contribution in [2.24, 2.45) is 0 Å². The van der Waals surface area contributed by atoms with Gasteiger partial charge >= 0.3 is 0 Å². The number of piperazine rings is 1. The first-order valence-electron chi connectivity index (χ1n) is 5.91. The zero-order chi connectivity index (χ0) is 12.0. The second-order valence-electron chi connectivity index (χ2n) is 4.86. The van der Waals surface area contributed by atoms with Gasteiger partial charge in [0.1, 0.15) is 0 Å². The fourth-order valence-electron chi connectivity index (χ4n) is 2.86. The maximum absolute atomic E-state index is 12.2. The molecule has 1 aromatic heterocycles. The Bertz CT molecular complexity index is 431. The molecule has 1 amide bonds. The summed E-state index contributed by atoms with van der Waals surface area (Å²) in [5, 5.41) is 0. The van der Waals surface area contributed by atoms with E-state index in [4.69, 9.17) is 4.42 Å². The summed E-state index contributed by atoms with van der Waals surface area (Å²) in [5.74, 6) is 0.446. The molecule has 0 aliphatic carbocycles. The van der Waals surface area contributed by atoms with E-state index in [-0.39, 0.29) is 5.91 Å². The number of hydrogen-bond acceptors (Lipinski definition) is 3. The highest BCUT2D eigenvalue weighted by molar-refractivity contribution is 9.10. The van der Waals surface area contributed by atoms with Crippen molar-refractivity contribution in [3.63, 3.8) is 0 Å². The molecule has 0 saturated carbocycles. The molecule has 2 unspecified atom stereocenters. The lowest BCUT2D eigenvalue weighted by Crippen LogP contribution is -2.53. The van der Waals surface area contributed by atoms with E-state index in [2.05, 4.69) is 27.9 Å². The van der Waals surface area contributed by atoms with Gasteiger partial charge in [0.2, 0.25) is 0 Å². The van der Waals surface area contributed by atoms with Crippen molar-refractivity contribution in [1.82, 2.24) is 9.80 Å². The van der Waals surface area contributed by atoms with Gasteiger partial charge in [0.15, 0.2) is 10.4 Å². The van der Waals surface area contributed by atoms with Crippen LogP contribution in [0.5, 0.6) is 0 Å². The molecule has 1 aromatic rings. The minimum Gasteiger partial charge on any atom is -0.444 e. The number of amides is 1. The van der Waals surface area contributed by atoms with Crippen molar-refractivity contribution < 1.29 is 9.21 Å². The molecule has 2 aliphatic rings. The molecule has 0 aromatic carbocycles. The van der Waals surface area contributed by atoms with Crippen LogP contribution in [0.3, 0.4) is 0 Å². The first-order chi connectivity index (χ1) is 8.15. The van der Waals surface area contributed by atoms with Gasteiger partial charge in [0.25, 0.3) is 5.91 Å². The Hall–Kier alpha value is -0.810. The van der Waals surface area contributed by atoms with E-state index >= 15 is 0 Å². The first kappa shape index (κ1) is 11.3. The second-order valence-corrected chi connectivity index (χ2v) is 5.65. The Morgan fingerprint density at radius 2 is 2.00 bits per heavy atom. The number of carbonyl (C=O) groups is 1. The van der Waals surface area contributed by atoms with Crippen molar-refractivity contribution in [3.8, 4) is 0 Å². The molecule has 2 aliphatic heterocycles. The van der Waals surface area contributed by atoms with Crippen LogP contribution in [0.4, 0.5) is 0 Å². The lowest BCUT2D eigenvalue weighted by Gasteiger charge is -2.38. The van der Waals surface area contributed by atoms with Crippen LogP contribution in [-0.2, 0) is 0 Å². The molecular formula is C12H15BrN2O2. The van der Waals surface area contributed by atoms with Gasteiger partial charge in [0.05, 0.1) is 0 Å². The zero-order valence-electron chi connectivity index (χ0n) is 9.73. The number of fused-ring (bicyclic) bond motifs is 2. The fourth-order valence-corrected chi connectivity index (χ4v) is 3.17. The summed E-state index contributed by atoms with van der Waals surface area (Å²) in [5.41, 5.74) is 0. The van der Waals surface area contributed by atoms with Gasteiger partial charge in [-0.2, -0.15) is 0 Å². The molecule has 2 fully saturated rings. The number of halogens is 1. The van der Waals surface area contributed by atoms with Crippen LogP contribution >= 0.6 is 15.9 Å². The summed E-state index contributed by atoms with van der Waals surface area (Å²) in [6, 6.07) is 4.54. The van der Waals surface area contributed by atoms with E-state index in [9.17, 15) is 4.79 Å². The molecule has 2 saturated heterocycles. The third kappa shape index (κ3) is 1.91. The Morgan fingerprint density at radius 3 is 2.53 bits per heavy atom. The standard InChI is InChI=1S/C12H15BrN2O2/c1-14-8-2-3-9(14)7-15(6-8)12(16)10-4-5-11(13)17-10/h4-5,8-9H,2-3,6-7H2,1H3. The summed E-state index contributed by atoms with van der Waals surface area (Å²) in [7, 11) is 2.16. The second kappa shape index (κ2) is 4.14. The van der Waals surface area contributed by atoms with Gasteiger partial charge in [-0.3, -0.25) is 9.69 Å². The molecule has 0 radical (unpaired) electrons. The maximum Gasteiger partial charge on any atom is 0.289 e. The number of furan rings is 1. The topological polar surface area (TPSA) is 36.7 Å². The summed E-state index contributed by atoms with van der Waals surface area (Å²) in [6.07, 6.45) is 2.40. The normalized spacial score (nSPS) is 28.7. The number of rotatable bonds is 1. The van der Waals surface area contributed by atoms with Crippen molar-refractivity contribution in [2.75, 3.05) is 20.1 Å². The molecule has 2 bridgehead atoms. The molecule has 5 heteroatoms. The smallest absolute Gasteiger partial charge is 0.289 e. The van der Waals surface area contributed by atoms with Crippen molar-refractivity contribution in [1.29, 1.82) is 0 Å². The minimum absolute atomic E-state index is 0.0145. The lowest BCUT2D eigenvalue weighted by molar-refractivity contribution is 0.0494. The quantitative estimate of drug-likeness (QED) is 0.795. The lowest BCUT2D eigenvalue weighted by atomic mass is 10.2. The zero-order valence-corrected chi connectivity index (χ0v) is 11.3. The molecule has 92 valence electrons. The largest absolute Gasteiger partial charge is 0.444 e. The van der Waals surface area contributed by atoms with Gasteiger partial charge in [0, 0.05) is 25.2 Å². The van der Waals surface area contributed by atoms with Gasteiger partial charge in [-0.05, 0) is 48.0 Å². The Labute approximate surface area is 109 Å². The molecular weight excluding hydrogens is 284 g/mol. The van der Waals surface area contributed by atoms with E-state index in [0.29, 0.717) is 22.5 Å². The molecule has 2 atom stereocenters. The Balaban J connectivity index is 1.76. The predicted octanol–water partition coefficient (Wildman–Crippen LogP) is 1.96. The van der Waals surface area contributed by atoms with Gasteiger partial charge in [-0.15, -0.1) is 0 Å². The Morgan fingerprint density at radius 1 is 1.35 bits per heavy atom. The summed E-state index contributed by atoms with van der Waals surface area (Å²) < 4.78 is 5.94. The highest BCUT2D eigenvalue weighted by Gasteiger charge is 2.39. The maximum atomic E-state index is 12.2. The SMILES string of the molecule is CN1C2CCC1CN(C(=O)c1ccc(Br)o1)C2. The molecule has 4 nitrogen and oxygen atoms in total. The van der Waals surface area contributed by atoms with E-state index in [0.717, 1.165) is 13.1 Å². The van der Waals surface area contributed by atoms with Gasteiger partial charge in [-0.25, -0.2) is 0 Å². The van der Waals surface area contributed by atoms with Crippen molar-refractivity contribution in [3.05, 3.63) is 22.6 Å². The number of carbonyl (C=O) groups excluding carboxylic acids is 1. The summed E-state index contributed by atoms with van der Waals surface area (Å²) >= 11 is 3.22. The number of hydrogen-bond donors (Lipinski definition) is 0. The van der Waals surface area contributed by atoms with Crippen LogP contribution in [0.25, 0.3) is 0 Å².